The molecule has 0 aromatic heterocycles. The third-order valence-electron chi connectivity index (χ3n) is 2.71. The number of guanidine groups is 1. The van der Waals surface area contributed by atoms with E-state index in [1.165, 1.54) is 0 Å². The molecular formula is C10H22N6O. The highest BCUT2D eigenvalue weighted by Gasteiger charge is 2.21. The Bertz CT molecular complexity index is 270. The fourth-order valence-electron chi connectivity index (χ4n) is 1.76. The number of nitrogens with two attached hydrogens (primary N) is 3. The molecule has 0 saturated carbocycles. The van der Waals surface area contributed by atoms with Crippen LogP contribution in [0.5, 0.6) is 0 Å². The minimum absolute atomic E-state index is 0.0243. The van der Waals surface area contributed by atoms with Crippen LogP contribution < -0.4 is 22.5 Å². The van der Waals surface area contributed by atoms with Crippen molar-refractivity contribution in [3.8, 4) is 0 Å². The van der Waals surface area contributed by atoms with Crippen molar-refractivity contribution in [1.29, 1.82) is 0 Å². The zero-order valence-electron chi connectivity index (χ0n) is 10.1. The molecule has 0 radical (unpaired) electrons. The van der Waals surface area contributed by atoms with Crippen molar-refractivity contribution in [2.45, 2.75) is 18.9 Å². The van der Waals surface area contributed by atoms with E-state index in [-0.39, 0.29) is 11.9 Å². The average molecular weight is 242 g/mol. The summed E-state index contributed by atoms with van der Waals surface area (Å²) in [5.41, 5.74) is 16.2. The second kappa shape index (κ2) is 7.08. The van der Waals surface area contributed by atoms with Crippen LogP contribution in [-0.2, 0) is 4.79 Å². The van der Waals surface area contributed by atoms with Crippen molar-refractivity contribution in [1.82, 2.24) is 10.2 Å². The second-order valence-corrected chi connectivity index (χ2v) is 4.13. The number of carbonyl (C=O) groups is 1. The number of nitrogens with zero attached hydrogens (tertiary/aromatic N) is 2. The number of nitrogens with one attached hydrogen (secondary N) is 1. The molecule has 0 unspecified atom stereocenters. The van der Waals surface area contributed by atoms with Gasteiger partial charge in [0.25, 0.3) is 0 Å². The largest absolute Gasteiger partial charge is 0.370 e. The van der Waals surface area contributed by atoms with Gasteiger partial charge in [-0.3, -0.25) is 9.79 Å². The number of hydrogen-bond acceptors (Lipinski definition) is 4. The minimum Gasteiger partial charge on any atom is -0.370 e. The summed E-state index contributed by atoms with van der Waals surface area (Å²) in [6.45, 7) is 3.67. The van der Waals surface area contributed by atoms with Gasteiger partial charge in [-0.15, -0.1) is 0 Å². The zero-order valence-corrected chi connectivity index (χ0v) is 10.1. The van der Waals surface area contributed by atoms with Gasteiger partial charge in [-0.05, 0) is 12.8 Å². The highest BCUT2D eigenvalue weighted by molar-refractivity contribution is 5.81. The summed E-state index contributed by atoms with van der Waals surface area (Å²) in [6, 6.07) is -0.442. The van der Waals surface area contributed by atoms with E-state index in [4.69, 9.17) is 17.2 Å². The lowest BCUT2D eigenvalue weighted by atomic mass is 10.1. The van der Waals surface area contributed by atoms with E-state index in [9.17, 15) is 4.79 Å². The number of amides is 1. The summed E-state index contributed by atoms with van der Waals surface area (Å²) < 4.78 is 0. The summed E-state index contributed by atoms with van der Waals surface area (Å²) in [5.74, 6) is 0.100. The van der Waals surface area contributed by atoms with Gasteiger partial charge in [0.15, 0.2) is 5.96 Å². The molecule has 0 aromatic carbocycles. The fraction of sp³-hybridized carbons (Fsp3) is 0.800. The standard InChI is InChI=1S/C10H22N6O/c11-8(2-1-3-15-10(12)13)9(17)16-6-4-14-5-7-16/h8,14H,1-7,11H2,(H4,12,13,15)/t8-/m0/s1. The molecule has 1 fully saturated rings. The molecule has 7 nitrogen and oxygen atoms in total. The fourth-order valence-corrected chi connectivity index (χ4v) is 1.76. The van der Waals surface area contributed by atoms with Crippen LogP contribution in [0.1, 0.15) is 12.8 Å². The minimum atomic E-state index is -0.442. The molecule has 0 bridgehead atoms. The molecule has 0 aromatic rings. The normalized spacial score (nSPS) is 17.6. The molecule has 98 valence electrons. The zero-order chi connectivity index (χ0) is 12.7. The van der Waals surface area contributed by atoms with Gasteiger partial charge in [-0.1, -0.05) is 0 Å². The van der Waals surface area contributed by atoms with E-state index in [0.717, 1.165) is 32.6 Å². The van der Waals surface area contributed by atoms with Gasteiger partial charge in [-0.25, -0.2) is 0 Å². The third-order valence-corrected chi connectivity index (χ3v) is 2.71. The van der Waals surface area contributed by atoms with Crippen LogP contribution in [0.4, 0.5) is 0 Å². The highest BCUT2D eigenvalue weighted by Crippen LogP contribution is 2.02. The predicted molar refractivity (Wildman–Crippen MR) is 67.3 cm³/mol. The Morgan fingerprint density at radius 1 is 1.35 bits per heavy atom. The second-order valence-electron chi connectivity index (χ2n) is 4.13. The molecule has 7 heteroatoms. The molecule has 17 heavy (non-hydrogen) atoms. The molecule has 1 aliphatic heterocycles. The van der Waals surface area contributed by atoms with Crippen molar-refractivity contribution in [3.63, 3.8) is 0 Å². The molecule has 7 N–H and O–H groups in total. The smallest absolute Gasteiger partial charge is 0.239 e. The molecule has 1 amide bonds. The number of rotatable bonds is 5. The summed E-state index contributed by atoms with van der Waals surface area (Å²) in [5, 5.41) is 3.19. The summed E-state index contributed by atoms with van der Waals surface area (Å²) in [4.78, 5) is 17.6. The highest BCUT2D eigenvalue weighted by atomic mass is 16.2. The topological polar surface area (TPSA) is 123 Å². The summed E-state index contributed by atoms with van der Waals surface area (Å²) in [7, 11) is 0. The van der Waals surface area contributed by atoms with Crippen LogP contribution in [0.15, 0.2) is 4.99 Å². The molecular weight excluding hydrogens is 220 g/mol. The number of aliphatic imine (C=N–C) groups is 1. The number of piperazine rings is 1. The van der Waals surface area contributed by atoms with Gasteiger partial charge in [-0.2, -0.15) is 0 Å². The maximum atomic E-state index is 11.9. The van der Waals surface area contributed by atoms with Crippen LogP contribution in [0.25, 0.3) is 0 Å². The van der Waals surface area contributed by atoms with Gasteiger partial charge < -0.3 is 27.4 Å². The van der Waals surface area contributed by atoms with E-state index in [0.29, 0.717) is 13.0 Å². The lowest BCUT2D eigenvalue weighted by molar-refractivity contribution is -0.133. The van der Waals surface area contributed by atoms with Crippen LogP contribution in [-0.4, -0.2) is 55.5 Å². The molecule has 1 rings (SSSR count). The summed E-state index contributed by atoms with van der Waals surface area (Å²) in [6.07, 6.45) is 1.33. The Hall–Kier alpha value is -1.34. The molecule has 1 atom stereocenters. The van der Waals surface area contributed by atoms with E-state index in [1.807, 2.05) is 4.90 Å². The average Bonchev–Trinajstić information content (AvgIpc) is 2.34. The molecule has 0 aliphatic carbocycles. The van der Waals surface area contributed by atoms with E-state index >= 15 is 0 Å². The molecule has 1 aliphatic rings. The Kier molecular flexibility index (Phi) is 5.71. The maximum Gasteiger partial charge on any atom is 0.239 e. The monoisotopic (exact) mass is 242 g/mol. The van der Waals surface area contributed by atoms with E-state index in [1.54, 1.807) is 0 Å². The Morgan fingerprint density at radius 3 is 2.59 bits per heavy atom. The van der Waals surface area contributed by atoms with Crippen molar-refractivity contribution in [2.75, 3.05) is 32.7 Å². The first-order chi connectivity index (χ1) is 8.11. The Morgan fingerprint density at radius 2 is 2.00 bits per heavy atom. The van der Waals surface area contributed by atoms with Gasteiger partial charge in [0, 0.05) is 32.7 Å². The van der Waals surface area contributed by atoms with Crippen molar-refractivity contribution in [2.24, 2.45) is 22.2 Å². The number of hydrogen-bond donors (Lipinski definition) is 4. The molecule has 1 saturated heterocycles. The third kappa shape index (κ3) is 5.01. The number of carbonyl (C=O) groups excluding carboxylic acids is 1. The summed E-state index contributed by atoms with van der Waals surface area (Å²) >= 11 is 0. The van der Waals surface area contributed by atoms with Gasteiger partial charge >= 0.3 is 0 Å². The maximum absolute atomic E-state index is 11.9. The lowest BCUT2D eigenvalue weighted by Crippen LogP contribution is -2.51. The predicted octanol–water partition coefficient (Wildman–Crippen LogP) is -2.20. The SMILES string of the molecule is NC(N)=NCCC[C@H](N)C(=O)N1CCNCC1. The van der Waals surface area contributed by atoms with Crippen molar-refractivity contribution in [3.05, 3.63) is 0 Å². The van der Waals surface area contributed by atoms with Gasteiger partial charge in [0.1, 0.15) is 0 Å². The van der Waals surface area contributed by atoms with Crippen molar-refractivity contribution < 1.29 is 4.79 Å². The van der Waals surface area contributed by atoms with Crippen LogP contribution in [0.2, 0.25) is 0 Å². The lowest BCUT2D eigenvalue weighted by Gasteiger charge is -2.29. The first-order valence-electron chi connectivity index (χ1n) is 5.91. The van der Waals surface area contributed by atoms with Gasteiger partial charge in [0.2, 0.25) is 5.91 Å². The van der Waals surface area contributed by atoms with Crippen LogP contribution >= 0.6 is 0 Å². The first-order valence-corrected chi connectivity index (χ1v) is 5.91. The van der Waals surface area contributed by atoms with Gasteiger partial charge in [0.05, 0.1) is 6.04 Å². The van der Waals surface area contributed by atoms with Crippen LogP contribution in [0.3, 0.4) is 0 Å². The Balaban J connectivity index is 2.24. The molecule has 0 spiro atoms. The Labute approximate surface area is 101 Å². The first kappa shape index (κ1) is 13.7. The van der Waals surface area contributed by atoms with E-state index in [2.05, 4.69) is 10.3 Å². The van der Waals surface area contributed by atoms with Crippen molar-refractivity contribution >= 4 is 11.9 Å². The molecule has 1 heterocycles. The van der Waals surface area contributed by atoms with E-state index < -0.39 is 6.04 Å². The van der Waals surface area contributed by atoms with Crippen LogP contribution in [0, 0.1) is 0 Å². The quantitative estimate of drug-likeness (QED) is 0.247.